The number of aromatic nitrogens is 2. The Kier molecular flexibility index (Phi) is 7.39. The first-order chi connectivity index (χ1) is 17.0. The molecule has 0 amide bonds. The number of nitrogens with one attached hydrogen (secondary N) is 1. The smallest absolute Gasteiger partial charge is 0.419 e. The highest BCUT2D eigenvalue weighted by Gasteiger charge is 2.35. The molecule has 1 atom stereocenters. The number of alkyl halides is 3. The monoisotopic (exact) mass is 508 g/mol. The number of rotatable bonds is 9. The number of nitrogen functional groups attached to an aromatic ring is 1. The van der Waals surface area contributed by atoms with Crippen molar-refractivity contribution in [3.8, 4) is 11.5 Å². The summed E-state index contributed by atoms with van der Waals surface area (Å²) in [5.74, 6) is 0.217. The van der Waals surface area contributed by atoms with E-state index >= 15 is 0 Å². The van der Waals surface area contributed by atoms with Crippen LogP contribution in [0.25, 0.3) is 10.9 Å². The molecule has 0 radical (unpaired) electrons. The fourth-order valence-electron chi connectivity index (χ4n) is 3.92. The van der Waals surface area contributed by atoms with E-state index in [0.717, 1.165) is 18.9 Å². The Hall–Kier alpha value is -3.34. The van der Waals surface area contributed by atoms with Crippen LogP contribution in [0.5, 0.6) is 11.5 Å². The molecule has 1 aliphatic carbocycles. The zero-order valence-corrected chi connectivity index (χ0v) is 20.2. The molecule has 0 spiro atoms. The van der Waals surface area contributed by atoms with Crippen molar-refractivity contribution in [3.05, 3.63) is 47.0 Å². The maximum Gasteiger partial charge on any atom is 0.419 e. The molecule has 36 heavy (non-hydrogen) atoms. The van der Waals surface area contributed by atoms with Gasteiger partial charge in [-0.05, 0) is 51.3 Å². The molecule has 1 fully saturated rings. The fraction of sp³-hybridized carbons (Fsp3) is 0.440. The number of benzene rings is 2. The molecule has 11 heteroatoms. The molecular formula is C25H28F4N4O3. The van der Waals surface area contributed by atoms with Gasteiger partial charge in [-0.3, -0.25) is 0 Å². The Morgan fingerprint density at radius 3 is 2.53 bits per heavy atom. The predicted octanol–water partition coefficient (Wildman–Crippen LogP) is 5.64. The van der Waals surface area contributed by atoms with Crippen molar-refractivity contribution in [1.29, 1.82) is 0 Å². The van der Waals surface area contributed by atoms with Crippen molar-refractivity contribution in [1.82, 2.24) is 9.97 Å². The first-order valence-electron chi connectivity index (χ1n) is 11.6. The maximum absolute atomic E-state index is 14.6. The lowest BCUT2D eigenvalue weighted by atomic mass is 9.96. The summed E-state index contributed by atoms with van der Waals surface area (Å²) >= 11 is 0. The summed E-state index contributed by atoms with van der Waals surface area (Å²) in [6.45, 7) is 3.69. The van der Waals surface area contributed by atoms with E-state index in [1.807, 2.05) is 6.92 Å². The number of nitrogens with zero attached hydrogens (tertiary/aromatic N) is 2. The van der Waals surface area contributed by atoms with Crippen molar-refractivity contribution in [2.75, 3.05) is 24.8 Å². The third kappa shape index (κ3) is 5.72. The van der Waals surface area contributed by atoms with E-state index in [-0.39, 0.29) is 30.0 Å². The lowest BCUT2D eigenvalue weighted by Crippen LogP contribution is -2.28. The minimum atomic E-state index is -4.87. The van der Waals surface area contributed by atoms with Gasteiger partial charge >= 0.3 is 6.18 Å². The normalized spacial score (nSPS) is 15.0. The molecule has 0 bridgehead atoms. The van der Waals surface area contributed by atoms with Gasteiger partial charge < -0.3 is 25.3 Å². The molecule has 7 nitrogen and oxygen atoms in total. The maximum atomic E-state index is 14.6. The molecule has 1 saturated carbocycles. The van der Waals surface area contributed by atoms with Gasteiger partial charge in [0.25, 0.3) is 0 Å². The standard InChI is InChI=1S/C25H28F4N4O3/c1-13(12-35-17-5-4-6-17)36-22-9-18-20(10-21(22)34-3)32-14(2)33-24(18)31-11-15-7-16(30)8-19(23(15)26)25(27,28)29/h7-10,13,17H,4-6,11-12,30H2,1-3H3,(H,31,32,33). The summed E-state index contributed by atoms with van der Waals surface area (Å²) in [6.07, 6.45) is -1.58. The number of anilines is 2. The highest BCUT2D eigenvalue weighted by Crippen LogP contribution is 2.37. The van der Waals surface area contributed by atoms with Crippen molar-refractivity contribution in [2.45, 2.75) is 58.0 Å². The van der Waals surface area contributed by atoms with Gasteiger partial charge in [-0.25, -0.2) is 14.4 Å². The Bertz CT molecular complexity index is 1250. The van der Waals surface area contributed by atoms with Crippen molar-refractivity contribution in [3.63, 3.8) is 0 Å². The van der Waals surface area contributed by atoms with Crippen LogP contribution in [0.4, 0.5) is 29.1 Å². The average molecular weight is 509 g/mol. The van der Waals surface area contributed by atoms with Crippen LogP contribution >= 0.6 is 0 Å². The number of hydrogen-bond acceptors (Lipinski definition) is 7. The summed E-state index contributed by atoms with van der Waals surface area (Å²) < 4.78 is 71.6. The van der Waals surface area contributed by atoms with E-state index in [9.17, 15) is 17.6 Å². The lowest BCUT2D eigenvalue weighted by molar-refractivity contribution is -0.140. The highest BCUT2D eigenvalue weighted by atomic mass is 19.4. The first-order valence-corrected chi connectivity index (χ1v) is 11.6. The van der Waals surface area contributed by atoms with Gasteiger partial charge in [0.1, 0.15) is 23.6 Å². The molecule has 2 aromatic carbocycles. The minimum Gasteiger partial charge on any atom is -0.493 e. The van der Waals surface area contributed by atoms with E-state index in [2.05, 4.69) is 15.3 Å². The van der Waals surface area contributed by atoms with E-state index in [1.54, 1.807) is 19.1 Å². The number of aryl methyl sites for hydroxylation is 1. The molecular weight excluding hydrogens is 480 g/mol. The van der Waals surface area contributed by atoms with Crippen LogP contribution < -0.4 is 20.5 Å². The number of nitrogens with two attached hydrogens (primary N) is 1. The summed E-state index contributed by atoms with van der Waals surface area (Å²) in [5.41, 5.74) is 4.28. The number of halogens is 4. The highest BCUT2D eigenvalue weighted by molar-refractivity contribution is 5.91. The number of methoxy groups -OCH3 is 1. The molecule has 1 unspecified atom stereocenters. The summed E-state index contributed by atoms with van der Waals surface area (Å²) in [4.78, 5) is 8.80. The summed E-state index contributed by atoms with van der Waals surface area (Å²) in [6, 6.07) is 5.11. The van der Waals surface area contributed by atoms with Crippen molar-refractivity contribution < 1.29 is 31.8 Å². The Morgan fingerprint density at radius 2 is 1.89 bits per heavy atom. The zero-order valence-electron chi connectivity index (χ0n) is 20.2. The molecule has 0 aliphatic heterocycles. The van der Waals surface area contributed by atoms with Crippen LogP contribution in [-0.2, 0) is 17.5 Å². The second-order valence-corrected chi connectivity index (χ2v) is 8.85. The van der Waals surface area contributed by atoms with E-state index in [4.69, 9.17) is 19.9 Å². The Balaban J connectivity index is 1.62. The van der Waals surface area contributed by atoms with E-state index in [1.165, 1.54) is 13.5 Å². The van der Waals surface area contributed by atoms with E-state index < -0.39 is 17.6 Å². The Labute approximate surface area is 206 Å². The molecule has 4 rings (SSSR count). The molecule has 1 heterocycles. The largest absolute Gasteiger partial charge is 0.493 e. The third-order valence-electron chi connectivity index (χ3n) is 5.96. The van der Waals surface area contributed by atoms with Crippen LogP contribution in [0.2, 0.25) is 0 Å². The van der Waals surface area contributed by atoms with Gasteiger partial charge in [0, 0.05) is 29.2 Å². The fourth-order valence-corrected chi connectivity index (χ4v) is 3.92. The zero-order chi connectivity index (χ0) is 26.0. The third-order valence-corrected chi connectivity index (χ3v) is 5.96. The second kappa shape index (κ2) is 10.3. The van der Waals surface area contributed by atoms with Gasteiger partial charge in [0.05, 0.1) is 30.9 Å². The van der Waals surface area contributed by atoms with Crippen LogP contribution in [0, 0.1) is 12.7 Å². The molecule has 194 valence electrons. The van der Waals surface area contributed by atoms with Gasteiger partial charge in [0.15, 0.2) is 11.5 Å². The minimum absolute atomic E-state index is 0.192. The number of fused-ring (bicyclic) bond motifs is 1. The van der Waals surface area contributed by atoms with Crippen LogP contribution in [0.1, 0.15) is 43.1 Å². The second-order valence-electron chi connectivity index (χ2n) is 8.85. The topological polar surface area (TPSA) is 91.5 Å². The molecule has 3 aromatic rings. The number of ether oxygens (including phenoxy) is 3. The molecule has 1 aliphatic rings. The summed E-state index contributed by atoms with van der Waals surface area (Å²) in [5, 5.41) is 3.46. The molecule has 0 saturated heterocycles. The summed E-state index contributed by atoms with van der Waals surface area (Å²) in [7, 11) is 1.51. The van der Waals surface area contributed by atoms with Crippen molar-refractivity contribution in [2.24, 2.45) is 0 Å². The van der Waals surface area contributed by atoms with Gasteiger partial charge in [0.2, 0.25) is 0 Å². The molecule has 1 aromatic heterocycles. The lowest BCUT2D eigenvalue weighted by Gasteiger charge is -2.27. The van der Waals surface area contributed by atoms with Crippen LogP contribution in [0.3, 0.4) is 0 Å². The van der Waals surface area contributed by atoms with E-state index in [0.29, 0.717) is 46.7 Å². The van der Waals surface area contributed by atoms with Crippen molar-refractivity contribution >= 4 is 22.4 Å². The SMILES string of the molecule is COc1cc2nc(C)nc(NCc3cc(N)cc(C(F)(F)F)c3F)c2cc1OC(C)COC1CCC1. The van der Waals surface area contributed by atoms with Gasteiger partial charge in [-0.2, -0.15) is 13.2 Å². The Morgan fingerprint density at radius 1 is 1.14 bits per heavy atom. The average Bonchev–Trinajstić information content (AvgIpc) is 2.77. The first kappa shape index (κ1) is 25.7. The number of hydrogen-bond donors (Lipinski definition) is 2. The predicted molar refractivity (Wildman–Crippen MR) is 128 cm³/mol. The van der Waals surface area contributed by atoms with Gasteiger partial charge in [-0.15, -0.1) is 0 Å². The molecule has 3 N–H and O–H groups in total. The van der Waals surface area contributed by atoms with Gasteiger partial charge in [-0.1, -0.05) is 0 Å². The van der Waals surface area contributed by atoms with Crippen LogP contribution in [-0.4, -0.2) is 35.9 Å². The van der Waals surface area contributed by atoms with Crippen LogP contribution in [0.15, 0.2) is 24.3 Å². The quantitative estimate of drug-likeness (QED) is 0.286.